The Hall–Kier alpha value is -0.650. The molecule has 1 saturated heterocycles. The monoisotopic (exact) mass is 272 g/mol. The van der Waals surface area contributed by atoms with E-state index in [1.54, 1.807) is 7.11 Å². The van der Waals surface area contributed by atoms with Crippen LogP contribution in [0.3, 0.4) is 0 Å². The highest BCUT2D eigenvalue weighted by Crippen LogP contribution is 2.23. The van der Waals surface area contributed by atoms with Crippen molar-refractivity contribution < 1.29 is 14.3 Å². The van der Waals surface area contributed by atoms with Crippen molar-refractivity contribution in [2.24, 2.45) is 5.73 Å². The number of rotatable bonds is 7. The molecule has 0 atom stereocenters. The van der Waals surface area contributed by atoms with Gasteiger partial charge >= 0.3 is 0 Å². The van der Waals surface area contributed by atoms with Gasteiger partial charge in [-0.15, -0.1) is 0 Å². The minimum atomic E-state index is -0.755. The molecule has 112 valence electrons. The minimum Gasteiger partial charge on any atom is -0.383 e. The first-order valence-corrected chi connectivity index (χ1v) is 7.25. The van der Waals surface area contributed by atoms with Crippen LogP contribution in [0.4, 0.5) is 0 Å². The Morgan fingerprint density at radius 3 is 2.42 bits per heavy atom. The van der Waals surface area contributed by atoms with Gasteiger partial charge in [0.2, 0.25) is 5.91 Å². The van der Waals surface area contributed by atoms with Crippen molar-refractivity contribution in [1.82, 2.24) is 4.90 Å². The fourth-order valence-corrected chi connectivity index (χ4v) is 2.60. The molecule has 0 spiro atoms. The predicted molar refractivity (Wildman–Crippen MR) is 74.9 cm³/mol. The SMILES string of the molecule is CCC(CC)N(CCOC)C(=O)C1(N)CCOCC1. The maximum atomic E-state index is 12.8. The summed E-state index contributed by atoms with van der Waals surface area (Å²) in [6.45, 7) is 6.52. The summed E-state index contributed by atoms with van der Waals surface area (Å²) in [5.41, 5.74) is 5.56. The quantitative estimate of drug-likeness (QED) is 0.755. The first-order valence-electron chi connectivity index (χ1n) is 7.25. The van der Waals surface area contributed by atoms with E-state index < -0.39 is 5.54 Å². The number of ether oxygens (including phenoxy) is 2. The summed E-state index contributed by atoms with van der Waals surface area (Å²) in [7, 11) is 1.65. The highest BCUT2D eigenvalue weighted by molar-refractivity contribution is 5.86. The lowest BCUT2D eigenvalue weighted by molar-refractivity contribution is -0.144. The van der Waals surface area contributed by atoms with E-state index >= 15 is 0 Å². The number of hydrogen-bond donors (Lipinski definition) is 1. The zero-order valence-corrected chi connectivity index (χ0v) is 12.5. The molecule has 1 rings (SSSR count). The molecule has 0 aromatic rings. The fourth-order valence-electron chi connectivity index (χ4n) is 2.60. The summed E-state index contributed by atoms with van der Waals surface area (Å²) >= 11 is 0. The van der Waals surface area contributed by atoms with Crippen molar-refractivity contribution in [3.63, 3.8) is 0 Å². The van der Waals surface area contributed by atoms with Crippen LogP contribution in [0.2, 0.25) is 0 Å². The molecular formula is C14H28N2O3. The van der Waals surface area contributed by atoms with Gasteiger partial charge in [0, 0.05) is 32.9 Å². The zero-order valence-electron chi connectivity index (χ0n) is 12.5. The summed E-state index contributed by atoms with van der Waals surface area (Å²) in [6, 6.07) is 0.242. The first kappa shape index (κ1) is 16.4. The molecule has 0 bridgehead atoms. The Morgan fingerprint density at radius 1 is 1.37 bits per heavy atom. The van der Waals surface area contributed by atoms with Crippen LogP contribution in [0.5, 0.6) is 0 Å². The molecule has 19 heavy (non-hydrogen) atoms. The van der Waals surface area contributed by atoms with Crippen molar-refractivity contribution in [3.8, 4) is 0 Å². The van der Waals surface area contributed by atoms with E-state index in [1.807, 2.05) is 4.90 Å². The van der Waals surface area contributed by atoms with Gasteiger partial charge in [0.05, 0.1) is 12.1 Å². The lowest BCUT2D eigenvalue weighted by atomic mass is 9.88. The van der Waals surface area contributed by atoms with Gasteiger partial charge in [-0.1, -0.05) is 13.8 Å². The Bertz CT molecular complexity index is 274. The summed E-state index contributed by atoms with van der Waals surface area (Å²) in [5, 5.41) is 0. The molecule has 0 radical (unpaired) electrons. The molecule has 1 fully saturated rings. The van der Waals surface area contributed by atoms with E-state index in [0.717, 1.165) is 12.8 Å². The van der Waals surface area contributed by atoms with Crippen molar-refractivity contribution in [3.05, 3.63) is 0 Å². The van der Waals surface area contributed by atoms with Crippen LogP contribution in [-0.4, -0.2) is 55.9 Å². The molecule has 1 amide bonds. The van der Waals surface area contributed by atoms with E-state index in [2.05, 4.69) is 13.8 Å². The smallest absolute Gasteiger partial charge is 0.243 e. The first-order chi connectivity index (χ1) is 9.09. The molecule has 5 heteroatoms. The average molecular weight is 272 g/mol. The lowest BCUT2D eigenvalue weighted by Gasteiger charge is -2.40. The normalized spacial score (nSPS) is 18.6. The van der Waals surface area contributed by atoms with Gasteiger partial charge in [0.15, 0.2) is 0 Å². The van der Waals surface area contributed by atoms with E-state index in [0.29, 0.717) is 39.2 Å². The van der Waals surface area contributed by atoms with Crippen molar-refractivity contribution in [2.45, 2.75) is 51.1 Å². The van der Waals surface area contributed by atoms with Crippen molar-refractivity contribution in [2.75, 3.05) is 33.5 Å². The fraction of sp³-hybridized carbons (Fsp3) is 0.929. The number of methoxy groups -OCH3 is 1. The van der Waals surface area contributed by atoms with Gasteiger partial charge in [0.25, 0.3) is 0 Å². The van der Waals surface area contributed by atoms with Crippen molar-refractivity contribution >= 4 is 5.91 Å². The molecule has 1 aliphatic rings. The number of nitrogens with two attached hydrogens (primary N) is 1. The van der Waals surface area contributed by atoms with Crippen LogP contribution in [0, 0.1) is 0 Å². The molecule has 0 saturated carbocycles. The Balaban J connectivity index is 2.79. The Morgan fingerprint density at radius 2 is 1.95 bits per heavy atom. The molecule has 2 N–H and O–H groups in total. The maximum absolute atomic E-state index is 12.8. The van der Waals surface area contributed by atoms with E-state index in [1.165, 1.54) is 0 Å². The van der Waals surface area contributed by atoms with E-state index in [9.17, 15) is 4.79 Å². The van der Waals surface area contributed by atoms with Gasteiger partial charge in [-0.3, -0.25) is 4.79 Å². The number of amides is 1. The van der Waals surface area contributed by atoms with Gasteiger partial charge in [-0.05, 0) is 25.7 Å². The lowest BCUT2D eigenvalue weighted by Crippen LogP contribution is -2.60. The van der Waals surface area contributed by atoms with Crippen LogP contribution in [0.15, 0.2) is 0 Å². The summed E-state index contributed by atoms with van der Waals surface area (Å²) in [4.78, 5) is 14.7. The maximum Gasteiger partial charge on any atom is 0.243 e. The highest BCUT2D eigenvalue weighted by Gasteiger charge is 2.40. The molecule has 1 heterocycles. The minimum absolute atomic E-state index is 0.0570. The number of nitrogens with zero attached hydrogens (tertiary/aromatic N) is 1. The number of carbonyl (C=O) groups excluding carboxylic acids is 1. The molecule has 5 nitrogen and oxygen atoms in total. The second kappa shape index (κ2) is 7.82. The van der Waals surface area contributed by atoms with Gasteiger partial charge in [-0.2, -0.15) is 0 Å². The molecule has 0 unspecified atom stereocenters. The molecular weight excluding hydrogens is 244 g/mol. The number of carbonyl (C=O) groups is 1. The van der Waals surface area contributed by atoms with Crippen LogP contribution < -0.4 is 5.73 Å². The topological polar surface area (TPSA) is 64.8 Å². The predicted octanol–water partition coefficient (Wildman–Crippen LogP) is 1.16. The third kappa shape index (κ3) is 4.16. The van der Waals surface area contributed by atoms with Crippen LogP contribution >= 0.6 is 0 Å². The standard InChI is InChI=1S/C14H28N2O3/c1-4-12(5-2)16(8-11-18-3)13(17)14(15)6-9-19-10-7-14/h12H,4-11,15H2,1-3H3. The third-order valence-electron chi connectivity index (χ3n) is 3.99. The van der Waals surface area contributed by atoms with E-state index in [4.69, 9.17) is 15.2 Å². The molecule has 0 aromatic carbocycles. The summed E-state index contributed by atoms with van der Waals surface area (Å²) in [5.74, 6) is 0.0570. The van der Waals surface area contributed by atoms with Gasteiger partial charge < -0.3 is 20.1 Å². The van der Waals surface area contributed by atoms with Gasteiger partial charge in [0.1, 0.15) is 0 Å². The zero-order chi connectivity index (χ0) is 14.3. The molecule has 0 aromatic heterocycles. The van der Waals surface area contributed by atoms with Crippen LogP contribution in [-0.2, 0) is 14.3 Å². The third-order valence-corrected chi connectivity index (χ3v) is 3.99. The Kier molecular flexibility index (Phi) is 6.75. The van der Waals surface area contributed by atoms with Gasteiger partial charge in [-0.25, -0.2) is 0 Å². The van der Waals surface area contributed by atoms with Crippen LogP contribution in [0.1, 0.15) is 39.5 Å². The summed E-state index contributed by atoms with van der Waals surface area (Å²) in [6.07, 6.45) is 3.10. The van der Waals surface area contributed by atoms with E-state index in [-0.39, 0.29) is 11.9 Å². The van der Waals surface area contributed by atoms with Crippen LogP contribution in [0.25, 0.3) is 0 Å². The molecule has 0 aliphatic carbocycles. The van der Waals surface area contributed by atoms with Crippen molar-refractivity contribution in [1.29, 1.82) is 0 Å². The summed E-state index contributed by atoms with van der Waals surface area (Å²) < 4.78 is 10.4. The highest BCUT2D eigenvalue weighted by atomic mass is 16.5. The Labute approximate surface area is 116 Å². The number of hydrogen-bond acceptors (Lipinski definition) is 4. The largest absolute Gasteiger partial charge is 0.383 e. The second-order valence-corrected chi connectivity index (χ2v) is 5.23. The second-order valence-electron chi connectivity index (χ2n) is 5.23. The molecule has 1 aliphatic heterocycles. The average Bonchev–Trinajstić information content (AvgIpc) is 2.43.